The highest BCUT2D eigenvalue weighted by molar-refractivity contribution is 5.80. The molecule has 0 unspecified atom stereocenters. The Morgan fingerprint density at radius 2 is 2.03 bits per heavy atom. The molecule has 1 fully saturated rings. The van der Waals surface area contributed by atoms with Crippen LogP contribution in [0.2, 0.25) is 0 Å². The lowest BCUT2D eigenvalue weighted by molar-refractivity contribution is -0.134. The van der Waals surface area contributed by atoms with E-state index in [-0.39, 0.29) is 11.9 Å². The minimum Gasteiger partial charge on any atom is -0.497 e. The number of carbonyl (C=O) groups is 1. The SMILES string of the molecule is COc1cccc(CC(=O)N2CCCC[C@H]2c2nn(C)cc2-c2ccncc2)c1. The van der Waals surface area contributed by atoms with Gasteiger partial charge in [0, 0.05) is 37.7 Å². The van der Waals surface area contributed by atoms with E-state index < -0.39 is 0 Å². The molecule has 6 heteroatoms. The smallest absolute Gasteiger partial charge is 0.227 e. The average molecular weight is 390 g/mol. The van der Waals surface area contributed by atoms with Gasteiger partial charge in [-0.15, -0.1) is 0 Å². The van der Waals surface area contributed by atoms with Gasteiger partial charge >= 0.3 is 0 Å². The van der Waals surface area contributed by atoms with Gasteiger partial charge in [0.05, 0.1) is 25.3 Å². The molecular formula is C23H26N4O2. The van der Waals surface area contributed by atoms with E-state index >= 15 is 0 Å². The third kappa shape index (κ3) is 4.16. The zero-order valence-electron chi connectivity index (χ0n) is 16.9. The van der Waals surface area contributed by atoms with Crippen LogP contribution in [0.1, 0.15) is 36.6 Å². The second-order valence-electron chi connectivity index (χ2n) is 7.46. The molecule has 0 spiro atoms. The van der Waals surface area contributed by atoms with Crippen molar-refractivity contribution in [3.8, 4) is 16.9 Å². The van der Waals surface area contributed by atoms with E-state index in [0.717, 1.165) is 53.9 Å². The normalized spacial score (nSPS) is 16.6. The highest BCUT2D eigenvalue weighted by Crippen LogP contribution is 2.36. The topological polar surface area (TPSA) is 60.2 Å². The maximum absolute atomic E-state index is 13.2. The van der Waals surface area contributed by atoms with Crippen molar-refractivity contribution in [2.45, 2.75) is 31.7 Å². The van der Waals surface area contributed by atoms with Crippen LogP contribution in [0.4, 0.5) is 0 Å². The molecule has 6 nitrogen and oxygen atoms in total. The van der Waals surface area contributed by atoms with Gasteiger partial charge in [-0.05, 0) is 54.7 Å². The monoisotopic (exact) mass is 390 g/mol. The van der Waals surface area contributed by atoms with Crippen molar-refractivity contribution in [1.29, 1.82) is 0 Å². The molecule has 1 aliphatic rings. The summed E-state index contributed by atoms with van der Waals surface area (Å²) in [6.07, 6.45) is 9.03. The summed E-state index contributed by atoms with van der Waals surface area (Å²) in [5.41, 5.74) is 4.08. The average Bonchev–Trinajstić information content (AvgIpc) is 3.16. The fourth-order valence-corrected chi connectivity index (χ4v) is 4.08. The van der Waals surface area contributed by atoms with Crippen molar-refractivity contribution >= 4 is 5.91 Å². The van der Waals surface area contributed by atoms with E-state index in [1.54, 1.807) is 19.5 Å². The highest BCUT2D eigenvalue weighted by atomic mass is 16.5. The Kier molecular flexibility index (Phi) is 5.60. The third-order valence-corrected chi connectivity index (χ3v) is 5.48. The van der Waals surface area contributed by atoms with Crippen LogP contribution in [0, 0.1) is 0 Å². The first-order valence-corrected chi connectivity index (χ1v) is 10.0. The van der Waals surface area contributed by atoms with Crippen LogP contribution in [-0.2, 0) is 18.3 Å². The maximum atomic E-state index is 13.2. The van der Waals surface area contributed by atoms with Crippen molar-refractivity contribution in [1.82, 2.24) is 19.7 Å². The molecule has 4 rings (SSSR count). The summed E-state index contributed by atoms with van der Waals surface area (Å²) < 4.78 is 7.13. The molecule has 29 heavy (non-hydrogen) atoms. The summed E-state index contributed by atoms with van der Waals surface area (Å²) in [5.74, 6) is 0.907. The molecule has 150 valence electrons. The lowest BCUT2D eigenvalue weighted by atomic mass is 9.94. The van der Waals surface area contributed by atoms with Crippen LogP contribution in [0.25, 0.3) is 11.1 Å². The minimum atomic E-state index is -0.00813. The van der Waals surface area contributed by atoms with Crippen molar-refractivity contribution in [2.24, 2.45) is 7.05 Å². The molecule has 3 heterocycles. The number of aromatic nitrogens is 3. The van der Waals surface area contributed by atoms with E-state index in [9.17, 15) is 4.79 Å². The number of nitrogens with zero attached hydrogens (tertiary/aromatic N) is 4. The molecule has 1 aliphatic heterocycles. The zero-order valence-corrected chi connectivity index (χ0v) is 16.9. The number of aryl methyl sites for hydroxylation is 1. The first-order valence-electron chi connectivity index (χ1n) is 10.0. The van der Waals surface area contributed by atoms with Gasteiger partial charge in [-0.1, -0.05) is 12.1 Å². The zero-order chi connectivity index (χ0) is 20.2. The number of ether oxygens (including phenoxy) is 1. The molecule has 3 aromatic rings. The van der Waals surface area contributed by atoms with Crippen molar-refractivity contribution in [3.05, 3.63) is 66.2 Å². The number of hydrogen-bond acceptors (Lipinski definition) is 4. The Morgan fingerprint density at radius 3 is 2.83 bits per heavy atom. The van der Waals surface area contributed by atoms with Gasteiger partial charge in [-0.25, -0.2) is 0 Å². The van der Waals surface area contributed by atoms with Gasteiger partial charge in [0.2, 0.25) is 5.91 Å². The van der Waals surface area contributed by atoms with Crippen LogP contribution in [0.5, 0.6) is 5.75 Å². The molecule has 1 atom stereocenters. The number of rotatable bonds is 5. The van der Waals surface area contributed by atoms with Crippen LogP contribution in [-0.4, -0.2) is 39.2 Å². The lowest BCUT2D eigenvalue weighted by Gasteiger charge is -2.35. The van der Waals surface area contributed by atoms with Gasteiger partial charge in [0.1, 0.15) is 5.75 Å². The molecule has 1 amide bonds. The number of piperidine rings is 1. The molecule has 0 aliphatic carbocycles. The van der Waals surface area contributed by atoms with Crippen LogP contribution in [0.3, 0.4) is 0 Å². The van der Waals surface area contributed by atoms with Crippen LogP contribution in [0.15, 0.2) is 55.0 Å². The predicted octanol–water partition coefficient (Wildman–Crippen LogP) is 3.79. The highest BCUT2D eigenvalue weighted by Gasteiger charge is 2.31. The quantitative estimate of drug-likeness (QED) is 0.665. The molecule has 1 saturated heterocycles. The van der Waals surface area contributed by atoms with Crippen LogP contribution >= 0.6 is 0 Å². The van der Waals surface area contributed by atoms with Gasteiger partial charge in [-0.3, -0.25) is 14.5 Å². The fraction of sp³-hybridized carbons (Fsp3) is 0.348. The summed E-state index contributed by atoms with van der Waals surface area (Å²) in [4.78, 5) is 19.4. The number of amides is 1. The molecule has 0 radical (unpaired) electrons. The number of pyridine rings is 1. The number of benzene rings is 1. The largest absolute Gasteiger partial charge is 0.497 e. The molecule has 1 aromatic carbocycles. The second kappa shape index (κ2) is 8.47. The van der Waals surface area contributed by atoms with Crippen molar-refractivity contribution < 1.29 is 9.53 Å². The number of methoxy groups -OCH3 is 1. The maximum Gasteiger partial charge on any atom is 0.227 e. The first kappa shape index (κ1) is 19.2. The number of carbonyl (C=O) groups excluding carboxylic acids is 1. The Morgan fingerprint density at radius 1 is 1.21 bits per heavy atom. The van der Waals surface area contributed by atoms with Gasteiger partial charge in [-0.2, -0.15) is 5.10 Å². The second-order valence-corrected chi connectivity index (χ2v) is 7.46. The van der Waals surface area contributed by atoms with E-state index in [1.165, 1.54) is 0 Å². The summed E-state index contributed by atoms with van der Waals surface area (Å²) in [7, 11) is 3.57. The summed E-state index contributed by atoms with van der Waals surface area (Å²) >= 11 is 0. The summed E-state index contributed by atoms with van der Waals surface area (Å²) in [6, 6.07) is 11.7. The van der Waals surface area contributed by atoms with Gasteiger partial charge in [0.15, 0.2) is 0 Å². The standard InChI is InChI=1S/C23H26N4O2/c1-26-16-20(18-9-11-24-12-10-18)23(25-26)21-8-3-4-13-27(21)22(28)15-17-6-5-7-19(14-17)29-2/h5-7,9-12,14,16,21H,3-4,8,13,15H2,1-2H3/t21-/m0/s1. The minimum absolute atomic E-state index is 0.00813. The predicted molar refractivity (Wildman–Crippen MR) is 111 cm³/mol. The summed E-state index contributed by atoms with van der Waals surface area (Å²) in [5, 5.41) is 4.76. The molecular weight excluding hydrogens is 364 g/mol. The molecule has 0 bridgehead atoms. The lowest BCUT2D eigenvalue weighted by Crippen LogP contribution is -2.39. The third-order valence-electron chi connectivity index (χ3n) is 5.48. The van der Waals surface area contributed by atoms with E-state index in [0.29, 0.717) is 6.42 Å². The molecule has 0 saturated carbocycles. The van der Waals surface area contributed by atoms with Gasteiger partial charge < -0.3 is 9.64 Å². The van der Waals surface area contributed by atoms with Crippen molar-refractivity contribution in [3.63, 3.8) is 0 Å². The van der Waals surface area contributed by atoms with E-state index in [1.807, 2.05) is 59.2 Å². The van der Waals surface area contributed by atoms with E-state index in [2.05, 4.69) is 4.98 Å². The Hall–Kier alpha value is -3.15. The molecule has 0 N–H and O–H groups in total. The van der Waals surface area contributed by atoms with Crippen molar-refractivity contribution in [2.75, 3.05) is 13.7 Å². The number of likely N-dealkylation sites (tertiary alicyclic amines) is 1. The van der Waals surface area contributed by atoms with Crippen LogP contribution < -0.4 is 4.74 Å². The number of hydrogen-bond donors (Lipinski definition) is 0. The molecule has 2 aromatic heterocycles. The van der Waals surface area contributed by atoms with Gasteiger partial charge in [0.25, 0.3) is 0 Å². The Labute approximate surface area is 171 Å². The fourth-order valence-electron chi connectivity index (χ4n) is 4.08. The first-order chi connectivity index (χ1) is 14.2. The van der Waals surface area contributed by atoms with E-state index in [4.69, 9.17) is 9.84 Å². The summed E-state index contributed by atoms with van der Waals surface area (Å²) in [6.45, 7) is 0.764. The Balaban J connectivity index is 1.62. The Bertz CT molecular complexity index is 984.